The fourth-order valence-corrected chi connectivity index (χ4v) is 2.40. The van der Waals surface area contributed by atoms with Crippen LogP contribution in [0.3, 0.4) is 0 Å². The van der Waals surface area contributed by atoms with E-state index >= 15 is 0 Å². The Kier molecular flexibility index (Phi) is 6.29. The quantitative estimate of drug-likeness (QED) is 0.243. The first-order chi connectivity index (χ1) is 8.17. The highest BCUT2D eigenvalue weighted by Crippen LogP contribution is 2.23. The van der Waals surface area contributed by atoms with Crippen molar-refractivity contribution >= 4 is 5.84 Å². The highest BCUT2D eigenvalue weighted by atomic mass is 16.4. The van der Waals surface area contributed by atoms with Crippen LogP contribution in [0.2, 0.25) is 0 Å². The Morgan fingerprint density at radius 3 is 2.76 bits per heavy atom. The van der Waals surface area contributed by atoms with Crippen LogP contribution in [-0.4, -0.2) is 34.8 Å². The van der Waals surface area contributed by atoms with E-state index in [-0.39, 0.29) is 18.0 Å². The largest absolute Gasteiger partial charge is 0.409 e. The van der Waals surface area contributed by atoms with Crippen molar-refractivity contribution in [3.8, 4) is 0 Å². The van der Waals surface area contributed by atoms with Gasteiger partial charge in [0.15, 0.2) is 0 Å². The number of nitrogens with one attached hydrogen (secondary N) is 1. The molecule has 0 saturated heterocycles. The van der Waals surface area contributed by atoms with Gasteiger partial charge in [-0.15, -0.1) is 0 Å². The Hall–Kier alpha value is -0.810. The van der Waals surface area contributed by atoms with Crippen molar-refractivity contribution in [3.63, 3.8) is 0 Å². The van der Waals surface area contributed by atoms with Crippen LogP contribution in [0.4, 0.5) is 0 Å². The summed E-state index contributed by atoms with van der Waals surface area (Å²) >= 11 is 0. The molecule has 0 aromatic carbocycles. The van der Waals surface area contributed by atoms with Crippen molar-refractivity contribution < 1.29 is 10.3 Å². The standard InChI is InChI=1S/C12H25N3O2/c1-2-10(7-12(13)15-17)14-8-9-5-3-4-6-11(9)16/h9-11,14,16-17H,2-8H2,1H3,(H2,13,15). The molecular weight excluding hydrogens is 218 g/mol. The molecule has 0 amide bonds. The maximum atomic E-state index is 9.85. The number of nitrogens with zero attached hydrogens (tertiary/aromatic N) is 1. The van der Waals surface area contributed by atoms with Crippen molar-refractivity contribution in [3.05, 3.63) is 0 Å². The van der Waals surface area contributed by atoms with Gasteiger partial charge in [0, 0.05) is 19.0 Å². The molecule has 3 unspecified atom stereocenters. The van der Waals surface area contributed by atoms with Gasteiger partial charge >= 0.3 is 0 Å². The Morgan fingerprint density at radius 1 is 1.47 bits per heavy atom. The predicted molar refractivity (Wildman–Crippen MR) is 68.1 cm³/mol. The lowest BCUT2D eigenvalue weighted by Crippen LogP contribution is -2.40. The summed E-state index contributed by atoms with van der Waals surface area (Å²) in [5.74, 6) is 0.610. The lowest BCUT2D eigenvalue weighted by Gasteiger charge is -2.29. The van der Waals surface area contributed by atoms with E-state index in [2.05, 4.69) is 17.4 Å². The third-order valence-corrected chi connectivity index (χ3v) is 3.61. The van der Waals surface area contributed by atoms with Crippen molar-refractivity contribution in [1.29, 1.82) is 0 Å². The van der Waals surface area contributed by atoms with Gasteiger partial charge in [-0.05, 0) is 25.2 Å². The number of hydrogen-bond donors (Lipinski definition) is 4. The minimum atomic E-state index is -0.169. The zero-order valence-corrected chi connectivity index (χ0v) is 10.6. The molecule has 1 rings (SSSR count). The molecule has 17 heavy (non-hydrogen) atoms. The van der Waals surface area contributed by atoms with Crippen LogP contribution < -0.4 is 11.1 Å². The topological polar surface area (TPSA) is 90.9 Å². The molecule has 1 fully saturated rings. The van der Waals surface area contributed by atoms with Crippen molar-refractivity contribution in [2.24, 2.45) is 16.8 Å². The van der Waals surface area contributed by atoms with E-state index in [4.69, 9.17) is 10.9 Å². The third kappa shape index (κ3) is 4.91. The Labute approximate surface area is 103 Å². The smallest absolute Gasteiger partial charge is 0.140 e. The summed E-state index contributed by atoms with van der Waals surface area (Å²) in [6.45, 7) is 2.89. The normalized spacial score (nSPS) is 28.0. The molecule has 1 aliphatic rings. The van der Waals surface area contributed by atoms with Gasteiger partial charge < -0.3 is 21.4 Å². The van der Waals surface area contributed by atoms with E-state index in [0.29, 0.717) is 12.3 Å². The second kappa shape index (κ2) is 7.50. The van der Waals surface area contributed by atoms with Crippen molar-refractivity contribution in [2.75, 3.05) is 6.54 Å². The molecule has 0 aromatic heterocycles. The first-order valence-corrected chi connectivity index (χ1v) is 6.55. The zero-order chi connectivity index (χ0) is 12.7. The van der Waals surface area contributed by atoms with Gasteiger partial charge in [-0.1, -0.05) is 24.9 Å². The van der Waals surface area contributed by atoms with Crippen LogP contribution in [0.15, 0.2) is 5.16 Å². The van der Waals surface area contributed by atoms with Crippen molar-refractivity contribution in [1.82, 2.24) is 5.32 Å². The monoisotopic (exact) mass is 243 g/mol. The first-order valence-electron chi connectivity index (χ1n) is 6.55. The third-order valence-electron chi connectivity index (χ3n) is 3.61. The SMILES string of the molecule is CCC(CC(N)=NO)NCC1CCCCC1O. The fourth-order valence-electron chi connectivity index (χ4n) is 2.40. The average molecular weight is 243 g/mol. The molecule has 0 radical (unpaired) electrons. The Morgan fingerprint density at radius 2 is 2.18 bits per heavy atom. The summed E-state index contributed by atoms with van der Waals surface area (Å²) in [6, 6.07) is 0.222. The molecule has 100 valence electrons. The maximum Gasteiger partial charge on any atom is 0.140 e. The van der Waals surface area contributed by atoms with Gasteiger partial charge in [-0.3, -0.25) is 0 Å². The summed E-state index contributed by atoms with van der Waals surface area (Å²) in [5, 5.41) is 24.8. The summed E-state index contributed by atoms with van der Waals surface area (Å²) < 4.78 is 0. The van der Waals surface area contributed by atoms with Crippen molar-refractivity contribution in [2.45, 2.75) is 57.6 Å². The van der Waals surface area contributed by atoms with E-state index in [9.17, 15) is 5.11 Å². The average Bonchev–Trinajstić information content (AvgIpc) is 2.35. The second-order valence-corrected chi connectivity index (χ2v) is 4.92. The molecule has 0 spiro atoms. The minimum Gasteiger partial charge on any atom is -0.409 e. The van der Waals surface area contributed by atoms with Crippen LogP contribution >= 0.6 is 0 Å². The molecule has 1 saturated carbocycles. The zero-order valence-electron chi connectivity index (χ0n) is 10.6. The first kappa shape index (κ1) is 14.3. The molecule has 0 aromatic rings. The van der Waals surface area contributed by atoms with Crippen LogP contribution in [-0.2, 0) is 0 Å². The molecule has 0 heterocycles. The Bertz CT molecular complexity index is 246. The summed E-state index contributed by atoms with van der Waals surface area (Å²) in [4.78, 5) is 0. The number of oxime groups is 1. The predicted octanol–water partition coefficient (Wildman–Crippen LogP) is 1.04. The van der Waals surface area contributed by atoms with Crippen LogP contribution in [0.1, 0.15) is 45.4 Å². The van der Waals surface area contributed by atoms with Gasteiger partial charge in [0.1, 0.15) is 5.84 Å². The van der Waals surface area contributed by atoms with E-state index in [1.807, 2.05) is 0 Å². The van der Waals surface area contributed by atoms with Gasteiger partial charge in [0.25, 0.3) is 0 Å². The van der Waals surface area contributed by atoms with E-state index < -0.39 is 0 Å². The molecule has 5 heteroatoms. The van der Waals surface area contributed by atoms with Gasteiger partial charge in [-0.25, -0.2) is 0 Å². The lowest BCUT2D eigenvalue weighted by molar-refractivity contribution is 0.0681. The maximum absolute atomic E-state index is 9.85. The fraction of sp³-hybridized carbons (Fsp3) is 0.917. The molecule has 0 aliphatic heterocycles. The highest BCUT2D eigenvalue weighted by Gasteiger charge is 2.23. The van der Waals surface area contributed by atoms with Gasteiger partial charge in [0.2, 0.25) is 0 Å². The molecule has 0 bridgehead atoms. The van der Waals surface area contributed by atoms with E-state index in [1.165, 1.54) is 6.42 Å². The molecule has 5 N–H and O–H groups in total. The van der Waals surface area contributed by atoms with Crippen LogP contribution in [0.5, 0.6) is 0 Å². The molecular formula is C12H25N3O2. The number of rotatable bonds is 6. The summed E-state index contributed by atoms with van der Waals surface area (Å²) in [6.07, 6.45) is 5.67. The highest BCUT2D eigenvalue weighted by molar-refractivity contribution is 5.80. The Balaban J connectivity index is 2.31. The summed E-state index contributed by atoms with van der Waals surface area (Å²) in [7, 11) is 0. The number of nitrogens with two attached hydrogens (primary N) is 1. The van der Waals surface area contributed by atoms with E-state index in [0.717, 1.165) is 32.2 Å². The molecule has 1 aliphatic carbocycles. The lowest BCUT2D eigenvalue weighted by atomic mass is 9.86. The van der Waals surface area contributed by atoms with Crippen LogP contribution in [0.25, 0.3) is 0 Å². The second-order valence-electron chi connectivity index (χ2n) is 4.92. The number of aliphatic hydroxyl groups is 1. The number of hydrogen-bond acceptors (Lipinski definition) is 4. The van der Waals surface area contributed by atoms with Gasteiger partial charge in [-0.2, -0.15) is 0 Å². The van der Waals surface area contributed by atoms with Crippen LogP contribution in [0, 0.1) is 5.92 Å². The number of amidine groups is 1. The molecule has 3 atom stereocenters. The molecule has 5 nitrogen and oxygen atoms in total. The minimum absolute atomic E-state index is 0.169. The number of aliphatic hydroxyl groups excluding tert-OH is 1. The van der Waals surface area contributed by atoms with Gasteiger partial charge in [0.05, 0.1) is 6.10 Å². The van der Waals surface area contributed by atoms with E-state index in [1.54, 1.807) is 0 Å². The summed E-state index contributed by atoms with van der Waals surface area (Å²) in [5.41, 5.74) is 5.50.